The Kier molecular flexibility index (Phi) is 5.07. The molecule has 0 unspecified atom stereocenters. The Labute approximate surface area is 108 Å². The maximum absolute atomic E-state index is 11.3. The Morgan fingerprint density at radius 1 is 1.39 bits per heavy atom. The van der Waals surface area contributed by atoms with Crippen LogP contribution in [0.4, 0.5) is 0 Å². The number of ether oxygens (including phenoxy) is 2. The Morgan fingerprint density at radius 2 is 2.11 bits per heavy atom. The third-order valence-electron chi connectivity index (χ3n) is 1.83. The van der Waals surface area contributed by atoms with Gasteiger partial charge in [-0.3, -0.25) is 4.79 Å². The summed E-state index contributed by atoms with van der Waals surface area (Å²) in [5.74, 6) is -1.33. The summed E-state index contributed by atoms with van der Waals surface area (Å²) in [5.41, 5.74) is 0.287. The van der Waals surface area contributed by atoms with E-state index in [-0.39, 0.29) is 16.3 Å². The fourth-order valence-electron chi connectivity index (χ4n) is 1.02. The fourth-order valence-corrected chi connectivity index (χ4v) is 1.23. The minimum atomic E-state index is -0.764. The quantitative estimate of drug-likeness (QED) is 0.352. The van der Waals surface area contributed by atoms with Crippen LogP contribution >= 0.6 is 11.6 Å². The van der Waals surface area contributed by atoms with E-state index in [1.165, 1.54) is 18.2 Å². The van der Waals surface area contributed by atoms with Crippen molar-refractivity contribution in [3.63, 3.8) is 0 Å². The summed E-state index contributed by atoms with van der Waals surface area (Å²) < 4.78 is 9.32. The highest BCUT2D eigenvalue weighted by molar-refractivity contribution is 6.33. The molecule has 0 amide bonds. The van der Waals surface area contributed by atoms with Crippen LogP contribution in [0.2, 0.25) is 5.02 Å². The van der Waals surface area contributed by atoms with Gasteiger partial charge in [-0.2, -0.15) is 0 Å². The van der Waals surface area contributed by atoms with Crippen molar-refractivity contribution in [3.05, 3.63) is 41.4 Å². The minimum Gasteiger partial charge on any atom is -0.451 e. The van der Waals surface area contributed by atoms with Gasteiger partial charge in [-0.1, -0.05) is 18.2 Å². The number of aldehydes is 1. The van der Waals surface area contributed by atoms with Gasteiger partial charge in [0.15, 0.2) is 12.9 Å². The van der Waals surface area contributed by atoms with Gasteiger partial charge < -0.3 is 9.47 Å². The van der Waals surface area contributed by atoms with Crippen molar-refractivity contribution in [2.45, 2.75) is 0 Å². The van der Waals surface area contributed by atoms with Crippen molar-refractivity contribution in [3.8, 4) is 5.75 Å². The SMILES string of the molecule is C=CC(=O)OCC(=O)Oc1ccc(C=O)c(Cl)c1. The molecule has 1 aromatic rings. The van der Waals surface area contributed by atoms with Crippen LogP contribution in [-0.2, 0) is 14.3 Å². The summed E-state index contributed by atoms with van der Waals surface area (Å²) in [6.07, 6.45) is 1.52. The van der Waals surface area contributed by atoms with Crippen LogP contribution in [0.1, 0.15) is 10.4 Å². The Morgan fingerprint density at radius 3 is 2.67 bits per heavy atom. The van der Waals surface area contributed by atoms with Crippen molar-refractivity contribution in [2.24, 2.45) is 0 Å². The third-order valence-corrected chi connectivity index (χ3v) is 2.16. The predicted octanol–water partition coefficient (Wildman–Crippen LogP) is 1.79. The van der Waals surface area contributed by atoms with Crippen LogP contribution in [0.5, 0.6) is 5.75 Å². The molecule has 0 saturated heterocycles. The molecule has 18 heavy (non-hydrogen) atoms. The third kappa shape index (κ3) is 4.03. The molecule has 6 heteroatoms. The molecule has 0 saturated carbocycles. The van der Waals surface area contributed by atoms with Crippen LogP contribution in [0.15, 0.2) is 30.9 Å². The molecule has 0 N–H and O–H groups in total. The monoisotopic (exact) mass is 268 g/mol. The van der Waals surface area contributed by atoms with Gasteiger partial charge >= 0.3 is 11.9 Å². The molecule has 5 nitrogen and oxygen atoms in total. The second kappa shape index (κ2) is 6.56. The average Bonchev–Trinajstić information content (AvgIpc) is 2.36. The zero-order valence-corrected chi connectivity index (χ0v) is 9.98. The van der Waals surface area contributed by atoms with Crippen LogP contribution in [0.25, 0.3) is 0 Å². The fraction of sp³-hybridized carbons (Fsp3) is 0.0833. The summed E-state index contributed by atoms with van der Waals surface area (Å²) in [4.78, 5) is 32.5. The molecule has 0 heterocycles. The topological polar surface area (TPSA) is 69.7 Å². The van der Waals surface area contributed by atoms with Crippen molar-refractivity contribution >= 4 is 29.8 Å². The molecule has 0 fully saturated rings. The van der Waals surface area contributed by atoms with Crippen molar-refractivity contribution < 1.29 is 23.9 Å². The predicted molar refractivity (Wildman–Crippen MR) is 63.6 cm³/mol. The second-order valence-electron chi connectivity index (χ2n) is 3.09. The lowest BCUT2D eigenvalue weighted by Crippen LogP contribution is -2.17. The lowest BCUT2D eigenvalue weighted by atomic mass is 10.2. The van der Waals surface area contributed by atoms with E-state index >= 15 is 0 Å². The van der Waals surface area contributed by atoms with Gasteiger partial charge in [0.25, 0.3) is 0 Å². The molecule has 0 aliphatic heterocycles. The Balaban J connectivity index is 2.59. The van der Waals surface area contributed by atoms with E-state index in [0.29, 0.717) is 6.29 Å². The molecule has 0 radical (unpaired) electrons. The van der Waals surface area contributed by atoms with Gasteiger partial charge in [0.1, 0.15) is 5.75 Å². The van der Waals surface area contributed by atoms with Gasteiger partial charge in [0.2, 0.25) is 0 Å². The minimum absolute atomic E-state index is 0.158. The zero-order valence-electron chi connectivity index (χ0n) is 9.22. The van der Waals surface area contributed by atoms with Crippen molar-refractivity contribution in [2.75, 3.05) is 6.61 Å². The first-order chi connectivity index (χ1) is 8.56. The van der Waals surface area contributed by atoms with Crippen LogP contribution < -0.4 is 4.74 Å². The van der Waals surface area contributed by atoms with E-state index < -0.39 is 18.5 Å². The molecule has 0 bridgehead atoms. The van der Waals surface area contributed by atoms with Gasteiger partial charge in [-0.15, -0.1) is 0 Å². The molecule has 94 valence electrons. The van der Waals surface area contributed by atoms with E-state index in [4.69, 9.17) is 16.3 Å². The summed E-state index contributed by atoms with van der Waals surface area (Å²) in [5, 5.41) is 0.165. The number of halogens is 1. The van der Waals surface area contributed by atoms with E-state index in [9.17, 15) is 14.4 Å². The molecule has 0 aromatic heterocycles. The van der Waals surface area contributed by atoms with E-state index in [1.807, 2.05) is 0 Å². The number of hydrogen-bond acceptors (Lipinski definition) is 5. The molecule has 0 atom stereocenters. The molecule has 0 aliphatic carbocycles. The summed E-state index contributed by atoms with van der Waals surface area (Å²) in [6.45, 7) is 2.65. The van der Waals surface area contributed by atoms with Gasteiger partial charge in [0, 0.05) is 17.7 Å². The molecular weight excluding hydrogens is 260 g/mol. The molecule has 1 aromatic carbocycles. The number of hydrogen-bond donors (Lipinski definition) is 0. The Hall–Kier alpha value is -2.14. The molecule has 0 aliphatic rings. The van der Waals surface area contributed by atoms with Gasteiger partial charge in [0.05, 0.1) is 5.02 Å². The number of carbonyl (C=O) groups excluding carboxylic acids is 3. The van der Waals surface area contributed by atoms with Crippen LogP contribution in [0.3, 0.4) is 0 Å². The lowest BCUT2D eigenvalue weighted by Gasteiger charge is -2.05. The highest BCUT2D eigenvalue weighted by atomic mass is 35.5. The maximum Gasteiger partial charge on any atom is 0.349 e. The first-order valence-electron chi connectivity index (χ1n) is 4.81. The van der Waals surface area contributed by atoms with E-state index in [1.54, 1.807) is 0 Å². The first kappa shape index (κ1) is 13.9. The number of esters is 2. The first-order valence-corrected chi connectivity index (χ1v) is 5.19. The summed E-state index contributed by atoms with van der Waals surface area (Å²) in [7, 11) is 0. The highest BCUT2D eigenvalue weighted by Crippen LogP contribution is 2.21. The number of rotatable bonds is 5. The maximum atomic E-state index is 11.3. The number of benzene rings is 1. The van der Waals surface area contributed by atoms with E-state index in [2.05, 4.69) is 11.3 Å². The average molecular weight is 269 g/mol. The highest BCUT2D eigenvalue weighted by Gasteiger charge is 2.09. The van der Waals surface area contributed by atoms with Crippen LogP contribution in [0, 0.1) is 0 Å². The number of carbonyl (C=O) groups is 3. The molecule has 0 spiro atoms. The van der Waals surface area contributed by atoms with Crippen molar-refractivity contribution in [1.29, 1.82) is 0 Å². The summed E-state index contributed by atoms with van der Waals surface area (Å²) in [6, 6.07) is 4.13. The van der Waals surface area contributed by atoms with Gasteiger partial charge in [-0.25, -0.2) is 9.59 Å². The zero-order chi connectivity index (χ0) is 13.5. The Bertz CT molecular complexity index is 495. The van der Waals surface area contributed by atoms with Gasteiger partial charge in [-0.05, 0) is 12.1 Å². The molecule has 1 rings (SSSR count). The second-order valence-corrected chi connectivity index (χ2v) is 3.49. The van der Waals surface area contributed by atoms with Crippen LogP contribution in [-0.4, -0.2) is 24.8 Å². The lowest BCUT2D eigenvalue weighted by molar-refractivity contribution is -0.150. The molecular formula is C12H9ClO5. The smallest absolute Gasteiger partial charge is 0.349 e. The summed E-state index contributed by atoms with van der Waals surface area (Å²) >= 11 is 5.74. The van der Waals surface area contributed by atoms with E-state index in [0.717, 1.165) is 6.08 Å². The normalized spacial score (nSPS) is 9.39. The van der Waals surface area contributed by atoms with Crippen molar-refractivity contribution in [1.82, 2.24) is 0 Å². The largest absolute Gasteiger partial charge is 0.451 e. The standard InChI is InChI=1S/C12H9ClO5/c1-2-11(15)17-7-12(16)18-9-4-3-8(6-14)10(13)5-9/h2-6H,1,7H2.